The van der Waals surface area contributed by atoms with Gasteiger partial charge in [0.1, 0.15) is 10.8 Å². The van der Waals surface area contributed by atoms with E-state index in [9.17, 15) is 4.79 Å². The number of piperidine rings is 1. The standard InChI is InChI=1S/C19H22ClN5O/c1-12-16(20)18-21-17(14-6-4-5-7-15(14)25(18)22-12)24-10-8-13(9-11-24)19(26)23(2)3/h4-7,13H,8-11H2,1-3H3. The third-order valence-electron chi connectivity index (χ3n) is 5.13. The number of amides is 1. The summed E-state index contributed by atoms with van der Waals surface area (Å²) >= 11 is 6.44. The van der Waals surface area contributed by atoms with Crippen LogP contribution in [0.3, 0.4) is 0 Å². The number of halogens is 1. The van der Waals surface area contributed by atoms with E-state index in [0.29, 0.717) is 10.7 Å². The summed E-state index contributed by atoms with van der Waals surface area (Å²) in [6.45, 7) is 3.51. The van der Waals surface area contributed by atoms with Crippen molar-refractivity contribution in [3.63, 3.8) is 0 Å². The van der Waals surface area contributed by atoms with Gasteiger partial charge in [-0.3, -0.25) is 4.79 Å². The lowest BCUT2D eigenvalue weighted by atomic mass is 9.95. The predicted octanol–water partition coefficient (Wildman–Crippen LogP) is 3.15. The Morgan fingerprint density at radius 2 is 1.92 bits per heavy atom. The number of anilines is 1. The zero-order chi connectivity index (χ0) is 18.4. The maximum Gasteiger partial charge on any atom is 0.225 e. The Morgan fingerprint density at radius 1 is 1.23 bits per heavy atom. The van der Waals surface area contributed by atoms with Crippen LogP contribution in [0.5, 0.6) is 0 Å². The van der Waals surface area contributed by atoms with Gasteiger partial charge in [-0.05, 0) is 31.9 Å². The fourth-order valence-corrected chi connectivity index (χ4v) is 3.87. The number of nitrogens with zero attached hydrogens (tertiary/aromatic N) is 5. The number of rotatable bonds is 2. The molecule has 136 valence electrons. The van der Waals surface area contributed by atoms with Gasteiger partial charge in [0.05, 0.1) is 11.2 Å². The van der Waals surface area contributed by atoms with Crippen LogP contribution in [0.1, 0.15) is 18.5 Å². The van der Waals surface area contributed by atoms with Crippen molar-refractivity contribution in [2.45, 2.75) is 19.8 Å². The van der Waals surface area contributed by atoms with Crippen LogP contribution in [0.4, 0.5) is 5.82 Å². The summed E-state index contributed by atoms with van der Waals surface area (Å²) < 4.78 is 1.82. The Labute approximate surface area is 157 Å². The second-order valence-corrected chi connectivity index (χ2v) is 7.46. The average Bonchev–Trinajstić information content (AvgIpc) is 2.95. The van der Waals surface area contributed by atoms with Gasteiger partial charge >= 0.3 is 0 Å². The number of carbonyl (C=O) groups excluding carboxylic acids is 1. The first-order chi connectivity index (χ1) is 12.5. The summed E-state index contributed by atoms with van der Waals surface area (Å²) in [5.74, 6) is 1.23. The maximum absolute atomic E-state index is 12.2. The molecule has 2 aromatic heterocycles. The van der Waals surface area contributed by atoms with E-state index in [1.54, 1.807) is 4.90 Å². The Kier molecular flexibility index (Phi) is 4.23. The zero-order valence-corrected chi connectivity index (χ0v) is 16.0. The van der Waals surface area contributed by atoms with Crippen molar-refractivity contribution in [2.24, 2.45) is 5.92 Å². The van der Waals surface area contributed by atoms with Crippen molar-refractivity contribution >= 4 is 39.9 Å². The normalized spacial score (nSPS) is 15.8. The molecule has 3 aromatic rings. The van der Waals surface area contributed by atoms with Crippen molar-refractivity contribution in [3.05, 3.63) is 35.0 Å². The monoisotopic (exact) mass is 371 g/mol. The molecule has 1 aliphatic heterocycles. The number of para-hydroxylation sites is 1. The molecule has 7 heteroatoms. The number of aromatic nitrogens is 3. The molecule has 4 rings (SSSR count). The summed E-state index contributed by atoms with van der Waals surface area (Å²) in [6.07, 6.45) is 1.68. The minimum absolute atomic E-state index is 0.0945. The highest BCUT2D eigenvalue weighted by Gasteiger charge is 2.28. The van der Waals surface area contributed by atoms with E-state index >= 15 is 0 Å². The molecule has 3 heterocycles. The largest absolute Gasteiger partial charge is 0.356 e. The molecule has 6 nitrogen and oxygen atoms in total. The number of benzene rings is 1. The minimum Gasteiger partial charge on any atom is -0.356 e. The van der Waals surface area contributed by atoms with Gasteiger partial charge in [0.2, 0.25) is 5.91 Å². The molecular weight excluding hydrogens is 350 g/mol. The van der Waals surface area contributed by atoms with Crippen molar-refractivity contribution in [2.75, 3.05) is 32.1 Å². The summed E-state index contributed by atoms with van der Waals surface area (Å²) in [6, 6.07) is 8.12. The second-order valence-electron chi connectivity index (χ2n) is 7.08. The molecule has 0 spiro atoms. The molecule has 0 radical (unpaired) electrons. The van der Waals surface area contributed by atoms with E-state index in [1.807, 2.05) is 43.7 Å². The minimum atomic E-state index is 0.0945. The number of aryl methyl sites for hydroxylation is 1. The molecule has 0 bridgehead atoms. The van der Waals surface area contributed by atoms with E-state index in [2.05, 4.69) is 16.1 Å². The predicted molar refractivity (Wildman–Crippen MR) is 104 cm³/mol. The Morgan fingerprint density at radius 3 is 2.62 bits per heavy atom. The first-order valence-corrected chi connectivity index (χ1v) is 9.25. The third kappa shape index (κ3) is 2.69. The molecule has 1 saturated heterocycles. The molecule has 1 aromatic carbocycles. The first kappa shape index (κ1) is 17.1. The lowest BCUT2D eigenvalue weighted by Crippen LogP contribution is -2.40. The Balaban J connectivity index is 1.75. The number of hydrogen-bond donors (Lipinski definition) is 0. The molecule has 0 aliphatic carbocycles. The van der Waals surface area contributed by atoms with E-state index in [4.69, 9.17) is 16.6 Å². The number of carbonyl (C=O) groups is 1. The van der Waals surface area contributed by atoms with Crippen LogP contribution in [0.15, 0.2) is 24.3 Å². The van der Waals surface area contributed by atoms with Crippen LogP contribution >= 0.6 is 11.6 Å². The molecule has 1 aliphatic rings. The van der Waals surface area contributed by atoms with Crippen molar-refractivity contribution in [3.8, 4) is 0 Å². The van der Waals surface area contributed by atoms with Crippen molar-refractivity contribution < 1.29 is 4.79 Å². The Hall–Kier alpha value is -2.34. The van der Waals surface area contributed by atoms with Gasteiger partial charge in [0.25, 0.3) is 0 Å². The van der Waals surface area contributed by atoms with Crippen LogP contribution in [-0.2, 0) is 4.79 Å². The lowest BCUT2D eigenvalue weighted by molar-refractivity contribution is -0.133. The Bertz CT molecular complexity index is 988. The van der Waals surface area contributed by atoms with Gasteiger partial charge in [-0.1, -0.05) is 23.7 Å². The van der Waals surface area contributed by atoms with Crippen LogP contribution in [0.2, 0.25) is 5.02 Å². The molecule has 1 amide bonds. The van der Waals surface area contributed by atoms with Crippen LogP contribution in [0.25, 0.3) is 16.6 Å². The lowest BCUT2D eigenvalue weighted by Gasteiger charge is -2.33. The van der Waals surface area contributed by atoms with Crippen LogP contribution < -0.4 is 4.90 Å². The molecule has 0 N–H and O–H groups in total. The van der Waals surface area contributed by atoms with Crippen molar-refractivity contribution in [1.29, 1.82) is 0 Å². The van der Waals surface area contributed by atoms with Gasteiger partial charge in [0.15, 0.2) is 5.65 Å². The van der Waals surface area contributed by atoms with Crippen LogP contribution in [-0.4, -0.2) is 52.6 Å². The highest BCUT2D eigenvalue weighted by molar-refractivity contribution is 6.34. The molecule has 0 atom stereocenters. The fraction of sp³-hybridized carbons (Fsp3) is 0.421. The van der Waals surface area contributed by atoms with Gasteiger partial charge < -0.3 is 9.80 Å². The molecule has 1 fully saturated rings. The smallest absolute Gasteiger partial charge is 0.225 e. The maximum atomic E-state index is 12.2. The number of fused-ring (bicyclic) bond motifs is 3. The van der Waals surface area contributed by atoms with Crippen LogP contribution in [0, 0.1) is 12.8 Å². The van der Waals surface area contributed by atoms with E-state index in [-0.39, 0.29) is 11.8 Å². The third-order valence-corrected chi connectivity index (χ3v) is 5.58. The first-order valence-electron chi connectivity index (χ1n) is 8.87. The molecule has 0 saturated carbocycles. The second kappa shape index (κ2) is 6.43. The van der Waals surface area contributed by atoms with E-state index in [1.165, 1.54) is 0 Å². The summed E-state index contributed by atoms with van der Waals surface area (Å²) in [7, 11) is 3.64. The summed E-state index contributed by atoms with van der Waals surface area (Å²) in [4.78, 5) is 21.0. The molecule has 26 heavy (non-hydrogen) atoms. The average molecular weight is 372 g/mol. The van der Waals surface area contributed by atoms with Gasteiger partial charge in [-0.15, -0.1) is 0 Å². The van der Waals surface area contributed by atoms with Gasteiger partial charge in [-0.2, -0.15) is 5.10 Å². The van der Waals surface area contributed by atoms with Gasteiger partial charge in [0, 0.05) is 38.5 Å². The topological polar surface area (TPSA) is 53.7 Å². The number of hydrogen-bond acceptors (Lipinski definition) is 4. The van der Waals surface area contributed by atoms with E-state index < -0.39 is 0 Å². The fourth-order valence-electron chi connectivity index (χ4n) is 3.71. The summed E-state index contributed by atoms with van der Waals surface area (Å²) in [5.41, 5.74) is 2.45. The highest BCUT2D eigenvalue weighted by atomic mass is 35.5. The highest BCUT2D eigenvalue weighted by Crippen LogP contribution is 2.32. The van der Waals surface area contributed by atoms with E-state index in [0.717, 1.165) is 48.3 Å². The zero-order valence-electron chi connectivity index (χ0n) is 15.2. The van der Waals surface area contributed by atoms with Gasteiger partial charge in [-0.25, -0.2) is 9.50 Å². The SMILES string of the molecule is Cc1nn2c(nc(N3CCC(C(=O)N(C)C)CC3)c3ccccc32)c1Cl. The molecular formula is C19H22ClN5O. The van der Waals surface area contributed by atoms with Crippen molar-refractivity contribution in [1.82, 2.24) is 19.5 Å². The molecule has 0 unspecified atom stereocenters. The summed E-state index contributed by atoms with van der Waals surface area (Å²) in [5, 5.41) is 6.18. The quantitative estimate of drug-likeness (QED) is 0.694.